The molecule has 92 valence electrons. The second kappa shape index (κ2) is 5.60. The van der Waals surface area contributed by atoms with Gasteiger partial charge in [0.05, 0.1) is 18.9 Å². The highest BCUT2D eigenvalue weighted by Crippen LogP contribution is 2.06. The molecule has 6 nitrogen and oxygen atoms in total. The maximum absolute atomic E-state index is 5.25. The first-order valence-corrected chi connectivity index (χ1v) is 5.39. The quantitative estimate of drug-likeness (QED) is 0.804. The van der Waals surface area contributed by atoms with E-state index in [1.807, 2.05) is 18.3 Å². The van der Waals surface area contributed by atoms with Crippen LogP contribution in [0.1, 0.15) is 0 Å². The van der Waals surface area contributed by atoms with Gasteiger partial charge in [0.15, 0.2) is 5.65 Å². The predicted octanol–water partition coefficient (Wildman–Crippen LogP) is 0.803. The second-order valence-corrected chi connectivity index (χ2v) is 3.64. The van der Waals surface area contributed by atoms with Gasteiger partial charge in [-0.25, -0.2) is 9.50 Å². The largest absolute Gasteiger partial charge is 0.382 e. The smallest absolute Gasteiger partial charge is 0.157 e. The van der Waals surface area contributed by atoms with E-state index in [1.54, 1.807) is 24.9 Å². The number of nitrogens with one attached hydrogen (secondary N) is 1. The Morgan fingerprint density at radius 3 is 3.06 bits per heavy atom. The van der Waals surface area contributed by atoms with Crippen LogP contribution in [0.2, 0.25) is 0 Å². The second-order valence-electron chi connectivity index (χ2n) is 3.64. The van der Waals surface area contributed by atoms with E-state index in [9.17, 15) is 0 Å². The number of aromatic nitrogens is 3. The third-order valence-corrected chi connectivity index (χ3v) is 2.45. The Morgan fingerprint density at radius 1 is 1.41 bits per heavy atom. The average molecular weight is 236 g/mol. The molecule has 2 heterocycles. The number of hydrogen-bond acceptors (Lipinski definition) is 5. The highest BCUT2D eigenvalue weighted by Gasteiger charge is 2.06. The molecule has 0 spiro atoms. The van der Waals surface area contributed by atoms with E-state index in [4.69, 9.17) is 9.47 Å². The molecule has 0 amide bonds. The molecule has 0 aliphatic heterocycles. The molecule has 1 unspecified atom stereocenters. The fraction of sp³-hybridized carbons (Fsp3) is 0.455. The Bertz CT molecular complexity index is 471. The Labute approximate surface area is 99.6 Å². The number of anilines is 1. The van der Waals surface area contributed by atoms with E-state index < -0.39 is 0 Å². The van der Waals surface area contributed by atoms with Gasteiger partial charge in [-0.2, -0.15) is 5.10 Å². The zero-order valence-corrected chi connectivity index (χ0v) is 9.96. The summed E-state index contributed by atoms with van der Waals surface area (Å²) >= 11 is 0. The van der Waals surface area contributed by atoms with Crippen molar-refractivity contribution in [1.82, 2.24) is 14.6 Å². The Morgan fingerprint density at radius 2 is 2.29 bits per heavy atom. The topological polar surface area (TPSA) is 60.7 Å². The lowest BCUT2D eigenvalue weighted by molar-refractivity contribution is 0.0365. The molecule has 0 radical (unpaired) electrons. The monoisotopic (exact) mass is 236 g/mol. The SMILES string of the molecule is COCC(CNc1ccn2nccc2n1)OC. The zero-order valence-electron chi connectivity index (χ0n) is 9.96. The van der Waals surface area contributed by atoms with Gasteiger partial charge in [0.1, 0.15) is 5.82 Å². The molecule has 0 bridgehead atoms. The van der Waals surface area contributed by atoms with Crippen LogP contribution >= 0.6 is 0 Å². The molecule has 6 heteroatoms. The summed E-state index contributed by atoms with van der Waals surface area (Å²) < 4.78 is 12.0. The first-order chi connectivity index (χ1) is 8.33. The fourth-order valence-corrected chi connectivity index (χ4v) is 1.53. The minimum Gasteiger partial charge on any atom is -0.382 e. The van der Waals surface area contributed by atoms with Crippen molar-refractivity contribution in [3.05, 3.63) is 24.5 Å². The van der Waals surface area contributed by atoms with Crippen molar-refractivity contribution >= 4 is 11.5 Å². The molecule has 0 fully saturated rings. The van der Waals surface area contributed by atoms with Crippen LogP contribution in [0.15, 0.2) is 24.5 Å². The maximum atomic E-state index is 5.25. The lowest BCUT2D eigenvalue weighted by atomic mass is 10.3. The van der Waals surface area contributed by atoms with E-state index in [0.717, 1.165) is 11.5 Å². The molecule has 0 saturated heterocycles. The molecule has 0 aliphatic rings. The van der Waals surface area contributed by atoms with E-state index in [2.05, 4.69) is 15.4 Å². The van der Waals surface area contributed by atoms with E-state index in [1.165, 1.54) is 0 Å². The van der Waals surface area contributed by atoms with Crippen molar-refractivity contribution in [2.75, 3.05) is 32.7 Å². The summed E-state index contributed by atoms with van der Waals surface area (Å²) in [4.78, 5) is 4.39. The number of methoxy groups -OCH3 is 2. The highest BCUT2D eigenvalue weighted by atomic mass is 16.5. The molecule has 0 saturated carbocycles. The van der Waals surface area contributed by atoms with Gasteiger partial charge in [-0.15, -0.1) is 0 Å². The summed E-state index contributed by atoms with van der Waals surface area (Å²) in [5, 5.41) is 7.29. The van der Waals surface area contributed by atoms with Gasteiger partial charge in [-0.05, 0) is 6.07 Å². The summed E-state index contributed by atoms with van der Waals surface area (Å²) in [7, 11) is 3.32. The lowest BCUT2D eigenvalue weighted by Crippen LogP contribution is -2.26. The molecular formula is C11H16N4O2. The van der Waals surface area contributed by atoms with Crippen LogP contribution in [-0.4, -0.2) is 48.1 Å². The first kappa shape index (κ1) is 11.8. The van der Waals surface area contributed by atoms with Crippen LogP contribution in [-0.2, 0) is 9.47 Å². The standard InChI is InChI=1S/C11H16N4O2/c1-16-8-9(17-2)7-12-10-4-6-15-11(14-10)3-5-13-15/h3-6,9H,7-8H2,1-2H3,(H,12,14). The van der Waals surface area contributed by atoms with Crippen molar-refractivity contribution < 1.29 is 9.47 Å². The summed E-state index contributed by atoms with van der Waals surface area (Å²) in [5.41, 5.74) is 0.815. The van der Waals surface area contributed by atoms with Gasteiger partial charge in [-0.1, -0.05) is 0 Å². The van der Waals surface area contributed by atoms with Gasteiger partial charge in [0.2, 0.25) is 0 Å². The zero-order chi connectivity index (χ0) is 12.1. The third kappa shape index (κ3) is 2.92. The Hall–Kier alpha value is -1.66. The summed E-state index contributed by atoms with van der Waals surface area (Å²) in [5.74, 6) is 0.802. The Kier molecular flexibility index (Phi) is 3.89. The number of fused-ring (bicyclic) bond motifs is 1. The van der Waals surface area contributed by atoms with E-state index in [0.29, 0.717) is 13.2 Å². The third-order valence-electron chi connectivity index (χ3n) is 2.45. The van der Waals surface area contributed by atoms with Gasteiger partial charge in [0.25, 0.3) is 0 Å². The number of nitrogens with zero attached hydrogens (tertiary/aromatic N) is 3. The molecule has 0 aromatic carbocycles. The van der Waals surface area contributed by atoms with E-state index in [-0.39, 0.29) is 6.10 Å². The van der Waals surface area contributed by atoms with Crippen molar-refractivity contribution in [1.29, 1.82) is 0 Å². The van der Waals surface area contributed by atoms with Crippen LogP contribution in [0.4, 0.5) is 5.82 Å². The van der Waals surface area contributed by atoms with Crippen LogP contribution in [0.25, 0.3) is 5.65 Å². The molecule has 2 rings (SSSR count). The summed E-state index contributed by atoms with van der Waals surface area (Å²) in [6, 6.07) is 3.73. The van der Waals surface area contributed by atoms with Crippen LogP contribution in [0.3, 0.4) is 0 Å². The van der Waals surface area contributed by atoms with Crippen molar-refractivity contribution in [3.63, 3.8) is 0 Å². The normalized spacial score (nSPS) is 12.8. The number of ether oxygens (including phenoxy) is 2. The highest BCUT2D eigenvalue weighted by molar-refractivity contribution is 5.45. The van der Waals surface area contributed by atoms with Gasteiger partial charge < -0.3 is 14.8 Å². The molecular weight excluding hydrogens is 220 g/mol. The van der Waals surface area contributed by atoms with Crippen molar-refractivity contribution in [2.45, 2.75) is 6.10 Å². The van der Waals surface area contributed by atoms with E-state index >= 15 is 0 Å². The predicted molar refractivity (Wildman–Crippen MR) is 64.1 cm³/mol. The van der Waals surface area contributed by atoms with Gasteiger partial charge in [0, 0.05) is 33.0 Å². The maximum Gasteiger partial charge on any atom is 0.157 e. The molecule has 2 aromatic heterocycles. The van der Waals surface area contributed by atoms with Crippen LogP contribution < -0.4 is 5.32 Å². The summed E-state index contributed by atoms with van der Waals surface area (Å²) in [6.07, 6.45) is 3.60. The van der Waals surface area contributed by atoms with Crippen molar-refractivity contribution in [2.24, 2.45) is 0 Å². The molecule has 2 aromatic rings. The van der Waals surface area contributed by atoms with Crippen molar-refractivity contribution in [3.8, 4) is 0 Å². The minimum atomic E-state index is 0.0166. The first-order valence-electron chi connectivity index (χ1n) is 5.39. The fourth-order valence-electron chi connectivity index (χ4n) is 1.53. The Balaban J connectivity index is 1.97. The number of rotatable bonds is 6. The minimum absolute atomic E-state index is 0.0166. The van der Waals surface area contributed by atoms with Crippen LogP contribution in [0.5, 0.6) is 0 Å². The average Bonchev–Trinajstić information content (AvgIpc) is 2.81. The lowest BCUT2D eigenvalue weighted by Gasteiger charge is -2.15. The van der Waals surface area contributed by atoms with Gasteiger partial charge >= 0.3 is 0 Å². The number of hydrogen-bond donors (Lipinski definition) is 1. The molecule has 0 aliphatic carbocycles. The molecule has 1 atom stereocenters. The molecule has 17 heavy (non-hydrogen) atoms. The molecule has 1 N–H and O–H groups in total. The summed E-state index contributed by atoms with van der Waals surface area (Å²) in [6.45, 7) is 1.21. The van der Waals surface area contributed by atoms with Crippen LogP contribution in [0, 0.1) is 0 Å². The van der Waals surface area contributed by atoms with Gasteiger partial charge in [-0.3, -0.25) is 0 Å².